The van der Waals surface area contributed by atoms with E-state index in [0.717, 1.165) is 17.9 Å². The molecule has 1 heterocycles. The van der Waals surface area contributed by atoms with Crippen LogP contribution in [0.3, 0.4) is 0 Å². The van der Waals surface area contributed by atoms with Gasteiger partial charge in [-0.2, -0.15) is 0 Å². The standard InChI is InChI=1S/C14H24ClN3O/c1-9(2)18(10(3)4)7-8-19-14-13(15)16-11(5)12(6)17-14/h9-10H,7-8H2,1-6H3. The minimum atomic E-state index is 0.337. The number of aryl methyl sites for hydroxylation is 2. The SMILES string of the molecule is Cc1nc(Cl)c(OCCN(C(C)C)C(C)C)nc1C. The molecule has 0 radical (unpaired) electrons. The van der Waals surface area contributed by atoms with E-state index in [1.54, 1.807) is 0 Å². The van der Waals surface area contributed by atoms with Crippen molar-refractivity contribution in [3.63, 3.8) is 0 Å². The summed E-state index contributed by atoms with van der Waals surface area (Å²) in [6.45, 7) is 13.9. The third kappa shape index (κ3) is 4.62. The lowest BCUT2D eigenvalue weighted by Crippen LogP contribution is -2.39. The van der Waals surface area contributed by atoms with Crippen LogP contribution in [0.2, 0.25) is 5.15 Å². The number of aromatic nitrogens is 2. The van der Waals surface area contributed by atoms with Gasteiger partial charge in [-0.05, 0) is 41.5 Å². The molecule has 0 spiro atoms. The topological polar surface area (TPSA) is 38.2 Å². The molecule has 19 heavy (non-hydrogen) atoms. The predicted octanol–water partition coefficient (Wildman–Crippen LogP) is 3.24. The van der Waals surface area contributed by atoms with Crippen LogP contribution in [0.25, 0.3) is 0 Å². The predicted molar refractivity (Wildman–Crippen MR) is 79.0 cm³/mol. The Morgan fingerprint density at radius 1 is 1.05 bits per heavy atom. The van der Waals surface area contributed by atoms with Gasteiger partial charge in [0.05, 0.1) is 11.4 Å². The summed E-state index contributed by atoms with van der Waals surface area (Å²) < 4.78 is 5.66. The van der Waals surface area contributed by atoms with Gasteiger partial charge in [0.15, 0.2) is 5.15 Å². The van der Waals surface area contributed by atoms with Crippen LogP contribution >= 0.6 is 11.6 Å². The molecule has 0 fully saturated rings. The molecule has 0 amide bonds. The maximum absolute atomic E-state index is 6.03. The Hall–Kier alpha value is -0.870. The first-order chi connectivity index (χ1) is 8.82. The smallest absolute Gasteiger partial charge is 0.252 e. The molecule has 0 aliphatic heterocycles. The Kier molecular flexibility index (Phi) is 6.01. The second-order valence-corrected chi connectivity index (χ2v) is 5.62. The van der Waals surface area contributed by atoms with Crippen LogP contribution in [0.1, 0.15) is 39.1 Å². The normalized spacial score (nSPS) is 11.7. The monoisotopic (exact) mass is 285 g/mol. The molecule has 5 heteroatoms. The summed E-state index contributed by atoms with van der Waals surface area (Å²) in [4.78, 5) is 10.9. The lowest BCUT2D eigenvalue weighted by Gasteiger charge is -2.30. The van der Waals surface area contributed by atoms with E-state index in [1.807, 2.05) is 13.8 Å². The molecule has 0 saturated carbocycles. The van der Waals surface area contributed by atoms with E-state index in [2.05, 4.69) is 42.6 Å². The highest BCUT2D eigenvalue weighted by Crippen LogP contribution is 2.20. The summed E-state index contributed by atoms with van der Waals surface area (Å²) in [5.74, 6) is 0.428. The van der Waals surface area contributed by atoms with Crippen LogP contribution in [0.15, 0.2) is 0 Å². The summed E-state index contributed by atoms with van der Waals surface area (Å²) in [6, 6.07) is 0.981. The molecular weight excluding hydrogens is 262 g/mol. The zero-order chi connectivity index (χ0) is 14.6. The van der Waals surface area contributed by atoms with E-state index in [1.165, 1.54) is 0 Å². The van der Waals surface area contributed by atoms with E-state index < -0.39 is 0 Å². The summed E-state index contributed by atoms with van der Waals surface area (Å²) >= 11 is 6.03. The Bertz CT molecular complexity index is 413. The highest BCUT2D eigenvalue weighted by Gasteiger charge is 2.14. The molecule has 0 bridgehead atoms. The summed E-state index contributed by atoms with van der Waals surface area (Å²) in [6.07, 6.45) is 0. The molecule has 108 valence electrons. The number of nitrogens with zero attached hydrogens (tertiary/aromatic N) is 3. The average molecular weight is 286 g/mol. The highest BCUT2D eigenvalue weighted by molar-refractivity contribution is 6.30. The highest BCUT2D eigenvalue weighted by atomic mass is 35.5. The van der Waals surface area contributed by atoms with Crippen molar-refractivity contribution in [2.24, 2.45) is 0 Å². The van der Waals surface area contributed by atoms with Gasteiger partial charge in [-0.3, -0.25) is 4.90 Å². The van der Waals surface area contributed by atoms with Gasteiger partial charge in [0.1, 0.15) is 6.61 Å². The minimum Gasteiger partial charge on any atom is -0.474 e. The van der Waals surface area contributed by atoms with Gasteiger partial charge in [0.25, 0.3) is 5.88 Å². The van der Waals surface area contributed by atoms with Crippen molar-refractivity contribution >= 4 is 11.6 Å². The van der Waals surface area contributed by atoms with E-state index in [-0.39, 0.29) is 0 Å². The molecule has 0 atom stereocenters. The molecule has 4 nitrogen and oxygen atoms in total. The molecule has 0 saturated heterocycles. The fourth-order valence-electron chi connectivity index (χ4n) is 2.01. The fraction of sp³-hybridized carbons (Fsp3) is 0.714. The second kappa shape index (κ2) is 7.06. The number of halogens is 1. The lowest BCUT2D eigenvalue weighted by atomic mass is 10.2. The van der Waals surface area contributed by atoms with Gasteiger partial charge < -0.3 is 4.74 Å². The van der Waals surface area contributed by atoms with Gasteiger partial charge >= 0.3 is 0 Å². The summed E-state index contributed by atoms with van der Waals surface area (Å²) in [5, 5.41) is 0.337. The Balaban J connectivity index is 2.60. The molecule has 1 aromatic rings. The van der Waals surface area contributed by atoms with Crippen molar-refractivity contribution in [3.8, 4) is 5.88 Å². The fourth-order valence-corrected chi connectivity index (χ4v) is 2.23. The number of rotatable bonds is 6. The van der Waals surface area contributed by atoms with Crippen molar-refractivity contribution in [1.82, 2.24) is 14.9 Å². The van der Waals surface area contributed by atoms with Crippen LogP contribution in [-0.4, -0.2) is 40.1 Å². The van der Waals surface area contributed by atoms with E-state index in [0.29, 0.717) is 29.7 Å². The number of hydrogen-bond acceptors (Lipinski definition) is 4. The molecule has 0 aromatic carbocycles. The first-order valence-corrected chi connectivity index (χ1v) is 7.10. The van der Waals surface area contributed by atoms with Crippen LogP contribution in [-0.2, 0) is 0 Å². The molecule has 0 unspecified atom stereocenters. The largest absolute Gasteiger partial charge is 0.474 e. The van der Waals surface area contributed by atoms with Gasteiger partial charge in [0, 0.05) is 18.6 Å². The van der Waals surface area contributed by atoms with Crippen molar-refractivity contribution in [3.05, 3.63) is 16.5 Å². The summed E-state index contributed by atoms with van der Waals surface area (Å²) in [7, 11) is 0. The van der Waals surface area contributed by atoms with Crippen LogP contribution in [0.5, 0.6) is 5.88 Å². The van der Waals surface area contributed by atoms with E-state index >= 15 is 0 Å². The Morgan fingerprint density at radius 3 is 2.11 bits per heavy atom. The van der Waals surface area contributed by atoms with Crippen molar-refractivity contribution < 1.29 is 4.74 Å². The molecule has 1 aromatic heterocycles. The molecule has 0 aliphatic carbocycles. The molecule has 0 aliphatic rings. The third-order valence-corrected chi connectivity index (χ3v) is 3.40. The Morgan fingerprint density at radius 2 is 1.58 bits per heavy atom. The zero-order valence-electron chi connectivity index (χ0n) is 12.7. The summed E-state index contributed by atoms with van der Waals surface area (Å²) in [5.41, 5.74) is 1.69. The van der Waals surface area contributed by atoms with Gasteiger partial charge in [-0.25, -0.2) is 9.97 Å². The lowest BCUT2D eigenvalue weighted by molar-refractivity contribution is 0.140. The van der Waals surface area contributed by atoms with Crippen LogP contribution < -0.4 is 4.74 Å². The van der Waals surface area contributed by atoms with Gasteiger partial charge in [-0.1, -0.05) is 11.6 Å². The quantitative estimate of drug-likeness (QED) is 0.804. The maximum atomic E-state index is 6.03. The van der Waals surface area contributed by atoms with Crippen molar-refractivity contribution in [2.75, 3.05) is 13.2 Å². The zero-order valence-corrected chi connectivity index (χ0v) is 13.5. The van der Waals surface area contributed by atoms with Gasteiger partial charge in [-0.15, -0.1) is 0 Å². The van der Waals surface area contributed by atoms with Gasteiger partial charge in [0.2, 0.25) is 0 Å². The molecular formula is C14H24ClN3O. The minimum absolute atomic E-state index is 0.337. The number of hydrogen-bond donors (Lipinski definition) is 0. The first kappa shape index (κ1) is 16.2. The van der Waals surface area contributed by atoms with E-state index in [9.17, 15) is 0 Å². The van der Waals surface area contributed by atoms with Crippen molar-refractivity contribution in [2.45, 2.75) is 53.6 Å². The average Bonchev–Trinajstić information content (AvgIpc) is 2.29. The third-order valence-electron chi connectivity index (χ3n) is 3.15. The molecule has 0 N–H and O–H groups in total. The molecule has 1 rings (SSSR count). The van der Waals surface area contributed by atoms with Crippen LogP contribution in [0, 0.1) is 13.8 Å². The van der Waals surface area contributed by atoms with Crippen molar-refractivity contribution in [1.29, 1.82) is 0 Å². The number of ether oxygens (including phenoxy) is 1. The van der Waals surface area contributed by atoms with Crippen LogP contribution in [0.4, 0.5) is 0 Å². The Labute approximate surface area is 121 Å². The first-order valence-electron chi connectivity index (χ1n) is 6.72. The maximum Gasteiger partial charge on any atom is 0.252 e. The second-order valence-electron chi connectivity index (χ2n) is 5.26. The van der Waals surface area contributed by atoms with E-state index in [4.69, 9.17) is 16.3 Å².